The van der Waals surface area contributed by atoms with E-state index in [1.54, 1.807) is 55.6 Å². The van der Waals surface area contributed by atoms with Crippen molar-refractivity contribution in [1.82, 2.24) is 5.16 Å². The van der Waals surface area contributed by atoms with E-state index in [1.165, 1.54) is 56.7 Å². The molecule has 0 aliphatic carbocycles. The molecular weight excluding hydrogens is 6160 g/mol. The van der Waals surface area contributed by atoms with E-state index in [9.17, 15) is 19.0 Å². The SMILES string of the molecule is COc1cc(-c2cccc(O)c2)cc2onc(N)c12.II(I)I(I)I(I)I(I)I(I)I(I)I(I)I(I)I.I[I-]I(I)I.I[I-]I(I)I(I)I(I)I(I)I(I)I(I)I(I)I(I)I.OB(O)c1cccc(O)c1.[C-]#[N+]c1c(F)cc(-c2cccc(O)c2)cc1OC.[C-]#[N+]c1c(F)cc(Br)cc1OC. The maximum atomic E-state index is 13.7. The Morgan fingerprint density at radius 2 is 0.822 bits per heavy atom. The Bertz CT molecular complexity index is 3680. The van der Waals surface area contributed by atoms with Crippen molar-refractivity contribution in [3.63, 3.8) is 0 Å². The van der Waals surface area contributed by atoms with Crippen LogP contribution in [0.5, 0.6) is 34.5 Å². The minimum absolute atomic E-state index is 0.0330. The molecule has 6 aromatic carbocycles. The fraction of sp³-hybridized carbons (Fsp3) is 0.0714. The number of anilines is 1. The number of hydrogen-bond acceptors (Lipinski definition) is 11. The third kappa shape index (κ3) is 49.1. The molecule has 0 saturated carbocycles. The first-order valence-corrected chi connectivity index (χ1v) is 268. The quantitative estimate of drug-likeness (QED) is 0.0215. The summed E-state index contributed by atoms with van der Waals surface area (Å²) in [6.45, 7) is 13.6. The number of nitrogen functional groups attached to an aromatic ring is 1. The molecule has 7 aromatic rings. The van der Waals surface area contributed by atoms with Crippen molar-refractivity contribution in [2.45, 2.75) is 0 Å². The van der Waals surface area contributed by atoms with Gasteiger partial charge in [-0.3, -0.25) is 0 Å². The van der Waals surface area contributed by atoms with Gasteiger partial charge >= 0.3 is 596 Å². The molecule has 0 bridgehead atoms. The topological polar surface area (TPSA) is 190 Å². The Balaban J connectivity index is 0.000000604. The summed E-state index contributed by atoms with van der Waals surface area (Å²) in [7, 11) is -3.52. The maximum absolute atomic E-state index is 13.7. The summed E-state index contributed by atoms with van der Waals surface area (Å²) >= 11 is 72.4. The van der Waals surface area contributed by atoms with Gasteiger partial charge in [0.15, 0.2) is 11.4 Å². The van der Waals surface area contributed by atoms with Crippen LogP contribution in [-0.4, -0.2) is 59.0 Å². The van der Waals surface area contributed by atoms with E-state index in [2.05, 4.69) is 459 Å². The van der Waals surface area contributed by atoms with Crippen LogP contribution in [0.15, 0.2) is 118 Å². The maximum Gasteiger partial charge on any atom is 0.488 e. The van der Waals surface area contributed by atoms with Crippen LogP contribution in [0.4, 0.5) is 26.0 Å². The third-order valence-corrected chi connectivity index (χ3v) is 2490. The van der Waals surface area contributed by atoms with Gasteiger partial charge in [-0.1, -0.05) is 57.5 Å². The van der Waals surface area contributed by atoms with E-state index in [4.69, 9.17) is 52.8 Å². The molecule has 0 spiro atoms. The minimum Gasteiger partial charge on any atom is -0.508 e. The van der Waals surface area contributed by atoms with Gasteiger partial charge in [0.05, 0.1) is 34.5 Å². The van der Waals surface area contributed by atoms with Crippen LogP contribution in [0.1, 0.15) is 0 Å². The molecule has 1 aromatic heterocycles. The molecule has 0 saturated heterocycles. The van der Waals surface area contributed by atoms with Crippen molar-refractivity contribution >= 4 is 619 Å². The molecule has 0 radical (unpaired) electrons. The Morgan fingerprint density at radius 1 is 0.475 bits per heavy atom. The molecule has 13 nitrogen and oxygen atoms in total. The van der Waals surface area contributed by atoms with E-state index in [1.807, 2.05) is 18.2 Å². The number of nitrogens with zero attached hydrogens (tertiary/aromatic N) is 3. The van der Waals surface area contributed by atoms with Crippen molar-refractivity contribution in [2.24, 2.45) is 0 Å². The first-order valence-electron chi connectivity index (χ1n) is 22.4. The number of phenols is 3. The van der Waals surface area contributed by atoms with Crippen LogP contribution in [-0.2, 0) is 0 Å². The summed E-state index contributed by atoms with van der Waals surface area (Å²) in [4.78, 5) is 6.10. The molecular formula is C42H34BBrF2I42N4O9-2. The number of rotatable bonds is 22. The Labute approximate surface area is 899 Å². The van der Waals surface area contributed by atoms with Crippen molar-refractivity contribution < 1.29 is 79.4 Å². The molecule has 7 N–H and O–H groups in total. The number of nitrogens with two attached hydrogens (primary N) is 1. The van der Waals surface area contributed by atoms with Gasteiger partial charge in [-0.25, -0.2) is 18.5 Å². The summed E-state index contributed by atoms with van der Waals surface area (Å²) in [6.07, 6.45) is 0. The number of aromatic nitrogens is 1. The average Bonchev–Trinajstić information content (AvgIpc) is 1.69. The standard InChI is InChI=1S/C14H10FNO2.C14H12N2O3.C8H5BrFNO.C6H7BO3.I19.I18.I5/c1-16-14-12(15)7-10(8-13(14)18-2)9-4-3-5-11(17)6-9;1-18-11-6-9(8-3-2-4-10(17)5-8)7-12-13(11)14(15)16-19-12;1-11-8-6(10)3-5(9)4-7(8)12-2;8-6-3-1-2-5(4-6)7(9)10;1-11-13(4)15(6)17(8)19(10)18(9)16(7)14(5)12(2)3;1-11(2)13(5)15(7)17(9)18(10)16(8)14(6)12(3)4;1-4-5(2)3/h3-8,17H,2H3;2-7,17H,1H3,(H2,15,16);3-4H,2H3;1-4,8-10H;;;/q;;;;-1;;-1. The summed E-state index contributed by atoms with van der Waals surface area (Å²) in [6, 6.07) is 28.5. The molecule has 0 fully saturated rings. The number of aromatic hydroxyl groups is 3. The molecule has 0 amide bonds. The summed E-state index contributed by atoms with van der Waals surface area (Å²) in [5, 5.41) is 49.3. The second kappa shape index (κ2) is 70.9. The molecule has 0 atom stereocenters. The van der Waals surface area contributed by atoms with Gasteiger partial charge in [0.2, 0.25) is 0 Å². The fourth-order valence-corrected chi connectivity index (χ4v) is 5240. The Morgan fingerprint density at radius 3 is 1.16 bits per heavy atom. The van der Waals surface area contributed by atoms with E-state index in [0.29, 0.717) is 70.1 Å². The van der Waals surface area contributed by atoms with Gasteiger partial charge in [0.1, 0.15) is 51.5 Å². The molecule has 0 aliphatic rings. The molecule has 1 heterocycles. The van der Waals surface area contributed by atoms with Gasteiger partial charge in [0, 0.05) is 4.47 Å². The van der Waals surface area contributed by atoms with Gasteiger partial charge < -0.3 is 49.8 Å². The van der Waals surface area contributed by atoms with Gasteiger partial charge in [-0.05, 0) is 101 Å². The number of benzene rings is 6. The normalized spacial score (nSPS) is 12.9. The molecule has 7 rings (SSSR count). The van der Waals surface area contributed by atoms with Gasteiger partial charge in [-0.2, -0.15) is 0 Å². The van der Waals surface area contributed by atoms with E-state index in [0.717, 1.165) is 11.1 Å². The van der Waals surface area contributed by atoms with Gasteiger partial charge in [-0.15, -0.1) is 0 Å². The Hall–Kier alpha value is 23.4. The zero-order valence-electron chi connectivity index (χ0n) is 47.3. The minimum atomic E-state index is -1.51. The smallest absolute Gasteiger partial charge is 0.488 e. The predicted octanol–water partition coefficient (Wildman–Crippen LogP) is 38.2. The number of halogens is 45. The molecule has 596 valence electrons. The van der Waals surface area contributed by atoms with Crippen LogP contribution >= 0.6 is 578 Å². The molecule has 59 heteroatoms. The van der Waals surface area contributed by atoms with E-state index in [-0.39, 0.29) is 151 Å². The molecule has 101 heavy (non-hydrogen) atoms. The Kier molecular flexibility index (Phi) is 85.9. The van der Waals surface area contributed by atoms with Crippen molar-refractivity contribution in [3.05, 3.63) is 148 Å². The van der Waals surface area contributed by atoms with Crippen LogP contribution in [0, 0.1) is 24.8 Å². The summed E-state index contributed by atoms with van der Waals surface area (Å²) in [5.74, 6) is 0.448. The largest absolute Gasteiger partial charge is 0.508 e. The zero-order valence-corrected chi connectivity index (χ0v) is 139. The number of hydrogen-bond donors (Lipinski definition) is 6. The number of fused-ring (bicyclic) bond motifs is 1. The number of ether oxygens (including phenoxy) is 3. The van der Waals surface area contributed by atoms with Crippen LogP contribution in [0.3, 0.4) is 0 Å². The first-order chi connectivity index (χ1) is 47.2. The molecule has 0 aliphatic heterocycles. The predicted molar refractivity (Wildman–Crippen MR) is 784 cm³/mol. The summed E-state index contributed by atoms with van der Waals surface area (Å²) in [5.41, 5.74) is 9.28. The van der Waals surface area contributed by atoms with Crippen molar-refractivity contribution in [3.8, 4) is 56.8 Å². The average molecular weight is 6200 g/mol. The monoisotopic (exact) mass is 6200 g/mol. The molecule has 0 unspecified atom stereocenters. The second-order valence-electron chi connectivity index (χ2n) is 14.7. The fourth-order valence-electron chi connectivity index (χ4n) is 5.64. The van der Waals surface area contributed by atoms with E-state index >= 15 is 0 Å². The van der Waals surface area contributed by atoms with Crippen LogP contribution in [0.25, 0.3) is 42.9 Å². The number of phenolic OH excluding ortho intramolecular Hbond substituents is 3. The zero-order chi connectivity index (χ0) is 77.5. The van der Waals surface area contributed by atoms with Crippen LogP contribution in [0.2, 0.25) is 0 Å². The van der Waals surface area contributed by atoms with Crippen molar-refractivity contribution in [2.75, 3.05) is 27.1 Å². The number of methoxy groups -OCH3 is 3. The van der Waals surface area contributed by atoms with Crippen LogP contribution < -0.4 is 51.9 Å². The summed E-state index contributed by atoms with van der Waals surface area (Å²) < 4.78 is 47.6. The van der Waals surface area contributed by atoms with Crippen molar-refractivity contribution in [1.29, 1.82) is 0 Å². The second-order valence-corrected chi connectivity index (χ2v) is 877. The third-order valence-electron chi connectivity index (χ3n) is 9.22. The first kappa shape index (κ1) is 122. The van der Waals surface area contributed by atoms with Gasteiger partial charge in [0.25, 0.3) is 11.4 Å². The van der Waals surface area contributed by atoms with E-state index < -0.39 is 42.4 Å².